The van der Waals surface area contributed by atoms with Gasteiger partial charge in [-0.2, -0.15) is 0 Å². The lowest BCUT2D eigenvalue weighted by Crippen LogP contribution is -2.35. The van der Waals surface area contributed by atoms with Gasteiger partial charge in [0.2, 0.25) is 0 Å². The fourth-order valence-electron chi connectivity index (χ4n) is 2.84. The van der Waals surface area contributed by atoms with Crippen molar-refractivity contribution < 1.29 is 0 Å². The molecule has 1 aliphatic carbocycles. The van der Waals surface area contributed by atoms with E-state index in [0.29, 0.717) is 6.04 Å². The third kappa shape index (κ3) is 3.44. The van der Waals surface area contributed by atoms with E-state index < -0.39 is 0 Å². The smallest absolute Gasteiger partial charge is 0.0540 e. The first-order valence-electron chi connectivity index (χ1n) is 6.54. The minimum atomic E-state index is 0.611. The molecule has 17 heavy (non-hydrogen) atoms. The number of anilines is 1. The van der Waals surface area contributed by atoms with Gasteiger partial charge in [-0.15, -0.1) is 0 Å². The summed E-state index contributed by atoms with van der Waals surface area (Å²) >= 11 is 3.47. The van der Waals surface area contributed by atoms with E-state index in [2.05, 4.69) is 46.1 Å². The number of pyridine rings is 1. The highest BCUT2D eigenvalue weighted by Gasteiger charge is 2.27. The van der Waals surface area contributed by atoms with Crippen LogP contribution in [0.3, 0.4) is 0 Å². The molecule has 0 saturated heterocycles. The quantitative estimate of drug-likeness (QED) is 0.890. The van der Waals surface area contributed by atoms with Gasteiger partial charge in [-0.1, -0.05) is 26.7 Å². The number of hydrogen-bond acceptors (Lipinski definition) is 2. The van der Waals surface area contributed by atoms with Gasteiger partial charge in [-0.3, -0.25) is 4.98 Å². The maximum Gasteiger partial charge on any atom is 0.0540 e. The Morgan fingerprint density at radius 3 is 2.76 bits per heavy atom. The van der Waals surface area contributed by atoms with Gasteiger partial charge in [0.25, 0.3) is 0 Å². The fraction of sp³-hybridized carbons (Fsp3) is 0.643. The molecule has 1 aromatic heterocycles. The van der Waals surface area contributed by atoms with E-state index >= 15 is 0 Å². The fourth-order valence-corrected chi connectivity index (χ4v) is 3.21. The molecule has 2 atom stereocenters. The number of aromatic nitrogens is 1. The van der Waals surface area contributed by atoms with Crippen LogP contribution in [-0.4, -0.2) is 11.0 Å². The Bertz CT molecular complexity index is 365. The number of halogens is 1. The predicted molar refractivity (Wildman–Crippen MR) is 76.1 cm³/mol. The van der Waals surface area contributed by atoms with Gasteiger partial charge in [0.15, 0.2) is 0 Å². The Kier molecular flexibility index (Phi) is 4.43. The Morgan fingerprint density at radius 1 is 1.29 bits per heavy atom. The Balaban J connectivity index is 2.05. The van der Waals surface area contributed by atoms with Crippen molar-refractivity contribution in [3.05, 3.63) is 22.9 Å². The van der Waals surface area contributed by atoms with Gasteiger partial charge in [0.05, 0.1) is 11.9 Å². The average Bonchev–Trinajstić information content (AvgIpc) is 2.29. The van der Waals surface area contributed by atoms with Crippen LogP contribution in [0.2, 0.25) is 0 Å². The van der Waals surface area contributed by atoms with E-state index in [-0.39, 0.29) is 0 Å². The summed E-state index contributed by atoms with van der Waals surface area (Å²) in [6, 6.07) is 2.72. The third-order valence-electron chi connectivity index (χ3n) is 3.73. The lowest BCUT2D eigenvalue weighted by molar-refractivity contribution is 0.254. The van der Waals surface area contributed by atoms with Gasteiger partial charge >= 0.3 is 0 Å². The van der Waals surface area contributed by atoms with Gasteiger partial charge in [0, 0.05) is 16.7 Å². The van der Waals surface area contributed by atoms with E-state index in [9.17, 15) is 0 Å². The first kappa shape index (κ1) is 12.9. The largest absolute Gasteiger partial charge is 0.381 e. The second-order valence-corrected chi connectivity index (χ2v) is 6.25. The Hall–Kier alpha value is -0.570. The summed E-state index contributed by atoms with van der Waals surface area (Å²) < 4.78 is 1.04. The first-order chi connectivity index (χ1) is 8.16. The van der Waals surface area contributed by atoms with Crippen molar-refractivity contribution >= 4 is 21.6 Å². The SMILES string of the molecule is CC(C)C1CCCCC1Nc1cncc(Br)c1. The molecule has 1 N–H and O–H groups in total. The highest BCUT2D eigenvalue weighted by Crippen LogP contribution is 2.32. The molecule has 94 valence electrons. The lowest BCUT2D eigenvalue weighted by Gasteiger charge is -2.35. The van der Waals surface area contributed by atoms with Crippen molar-refractivity contribution in [2.45, 2.75) is 45.6 Å². The van der Waals surface area contributed by atoms with Gasteiger partial charge < -0.3 is 5.32 Å². The summed E-state index contributed by atoms with van der Waals surface area (Å²) in [5, 5.41) is 3.66. The zero-order valence-electron chi connectivity index (χ0n) is 10.6. The molecular weight excluding hydrogens is 276 g/mol. The molecule has 2 unspecified atom stereocenters. The van der Waals surface area contributed by atoms with Crippen LogP contribution in [0.5, 0.6) is 0 Å². The first-order valence-corrected chi connectivity index (χ1v) is 7.33. The standard InChI is InChI=1S/C14H21BrN2/c1-10(2)13-5-3-4-6-14(13)17-12-7-11(15)8-16-9-12/h7-10,13-14,17H,3-6H2,1-2H3. The molecule has 1 aliphatic rings. The summed E-state index contributed by atoms with van der Waals surface area (Å²) in [4.78, 5) is 4.21. The Labute approximate surface area is 112 Å². The summed E-state index contributed by atoms with van der Waals surface area (Å²) in [7, 11) is 0. The molecule has 0 radical (unpaired) electrons. The molecule has 0 spiro atoms. The molecule has 0 bridgehead atoms. The minimum absolute atomic E-state index is 0.611. The zero-order valence-corrected chi connectivity index (χ0v) is 12.2. The van der Waals surface area contributed by atoms with Crippen molar-refractivity contribution in [2.75, 3.05) is 5.32 Å². The number of nitrogens with one attached hydrogen (secondary N) is 1. The van der Waals surface area contributed by atoms with Crippen LogP contribution < -0.4 is 5.32 Å². The molecule has 0 aromatic carbocycles. The van der Waals surface area contributed by atoms with Crippen LogP contribution in [0.25, 0.3) is 0 Å². The highest BCUT2D eigenvalue weighted by molar-refractivity contribution is 9.10. The Morgan fingerprint density at radius 2 is 2.06 bits per heavy atom. The molecule has 0 aliphatic heterocycles. The number of nitrogens with zero attached hydrogens (tertiary/aromatic N) is 1. The van der Waals surface area contributed by atoms with Gasteiger partial charge in [-0.05, 0) is 46.7 Å². The molecule has 1 aromatic rings. The normalized spacial score (nSPS) is 24.9. The molecule has 1 saturated carbocycles. The number of rotatable bonds is 3. The summed E-state index contributed by atoms with van der Waals surface area (Å²) in [6.45, 7) is 4.67. The molecule has 1 fully saturated rings. The molecule has 1 heterocycles. The molecule has 0 amide bonds. The molecular formula is C14H21BrN2. The minimum Gasteiger partial charge on any atom is -0.381 e. The van der Waals surface area contributed by atoms with E-state index in [1.165, 1.54) is 25.7 Å². The molecule has 3 heteroatoms. The third-order valence-corrected chi connectivity index (χ3v) is 4.17. The maximum atomic E-state index is 4.21. The predicted octanol–water partition coefficient (Wildman–Crippen LogP) is 4.47. The van der Waals surface area contributed by atoms with Crippen molar-refractivity contribution in [3.8, 4) is 0 Å². The molecule has 2 rings (SSSR count). The van der Waals surface area contributed by atoms with Crippen LogP contribution in [0, 0.1) is 11.8 Å². The van der Waals surface area contributed by atoms with Crippen LogP contribution in [0.4, 0.5) is 5.69 Å². The zero-order chi connectivity index (χ0) is 12.3. The van der Waals surface area contributed by atoms with Crippen LogP contribution in [0.15, 0.2) is 22.9 Å². The van der Waals surface area contributed by atoms with E-state index in [4.69, 9.17) is 0 Å². The van der Waals surface area contributed by atoms with Crippen LogP contribution >= 0.6 is 15.9 Å². The van der Waals surface area contributed by atoms with Crippen LogP contribution in [-0.2, 0) is 0 Å². The second-order valence-electron chi connectivity index (χ2n) is 5.33. The van der Waals surface area contributed by atoms with Crippen molar-refractivity contribution in [2.24, 2.45) is 11.8 Å². The van der Waals surface area contributed by atoms with Gasteiger partial charge in [-0.25, -0.2) is 0 Å². The lowest BCUT2D eigenvalue weighted by atomic mass is 9.78. The van der Waals surface area contributed by atoms with Crippen molar-refractivity contribution in [3.63, 3.8) is 0 Å². The maximum absolute atomic E-state index is 4.21. The van der Waals surface area contributed by atoms with E-state index in [1.54, 1.807) is 0 Å². The second kappa shape index (κ2) is 5.85. The van der Waals surface area contributed by atoms with Gasteiger partial charge in [0.1, 0.15) is 0 Å². The summed E-state index contributed by atoms with van der Waals surface area (Å²) in [5.74, 6) is 1.55. The highest BCUT2D eigenvalue weighted by atomic mass is 79.9. The average molecular weight is 297 g/mol. The summed E-state index contributed by atoms with van der Waals surface area (Å²) in [6.07, 6.45) is 9.12. The number of hydrogen-bond donors (Lipinski definition) is 1. The van der Waals surface area contributed by atoms with Crippen molar-refractivity contribution in [1.82, 2.24) is 4.98 Å². The van der Waals surface area contributed by atoms with Crippen LogP contribution in [0.1, 0.15) is 39.5 Å². The van der Waals surface area contributed by atoms with E-state index in [0.717, 1.165) is 22.0 Å². The molecule has 2 nitrogen and oxygen atoms in total. The van der Waals surface area contributed by atoms with E-state index in [1.807, 2.05) is 12.4 Å². The summed E-state index contributed by atoms with van der Waals surface area (Å²) in [5.41, 5.74) is 1.14. The monoisotopic (exact) mass is 296 g/mol. The topological polar surface area (TPSA) is 24.9 Å². The van der Waals surface area contributed by atoms with Crippen molar-refractivity contribution in [1.29, 1.82) is 0 Å².